The van der Waals surface area contributed by atoms with Gasteiger partial charge in [0.2, 0.25) is 0 Å². The third kappa shape index (κ3) is 21.8. The molecule has 0 bridgehead atoms. The third-order valence-electron chi connectivity index (χ3n) is 6.97. The summed E-state index contributed by atoms with van der Waals surface area (Å²) in [5.41, 5.74) is 0.295. The number of rotatable bonds is 25. The molecule has 0 radical (unpaired) electrons. The Balaban J connectivity index is 0.00000129. The first kappa shape index (κ1) is 38.0. The number of amides is 1. The highest BCUT2D eigenvalue weighted by molar-refractivity contribution is 6.04. The molecule has 8 nitrogen and oxygen atoms in total. The van der Waals surface area contributed by atoms with Crippen LogP contribution < -0.4 is 5.32 Å². The van der Waals surface area contributed by atoms with Crippen LogP contribution in [0.5, 0.6) is 0 Å². The Morgan fingerprint density at radius 2 is 1.00 bits per heavy atom. The maximum Gasteiger partial charge on any atom is 0.336 e. The summed E-state index contributed by atoms with van der Waals surface area (Å²) in [7, 11) is 0. The zero-order valence-electron chi connectivity index (χ0n) is 25.1. The highest BCUT2D eigenvalue weighted by atomic mass is 16.4. The van der Waals surface area contributed by atoms with Crippen molar-refractivity contribution in [2.45, 2.75) is 110 Å². The summed E-state index contributed by atoms with van der Waals surface area (Å²) in [5.74, 6) is -1.36. The number of hydrogen-bond donors (Lipinski definition) is 5. The average Bonchev–Trinajstić information content (AvgIpc) is 2.95. The van der Waals surface area contributed by atoms with Gasteiger partial charge in [-0.3, -0.25) is 9.69 Å². The fourth-order valence-electron chi connectivity index (χ4n) is 4.60. The van der Waals surface area contributed by atoms with E-state index in [0.717, 1.165) is 12.8 Å². The number of benzene rings is 1. The second-order valence-corrected chi connectivity index (χ2v) is 10.4. The van der Waals surface area contributed by atoms with Crippen molar-refractivity contribution in [3.05, 3.63) is 35.4 Å². The van der Waals surface area contributed by atoms with Crippen LogP contribution in [0.15, 0.2) is 24.3 Å². The van der Waals surface area contributed by atoms with Gasteiger partial charge in [0.15, 0.2) is 0 Å². The summed E-state index contributed by atoms with van der Waals surface area (Å²) in [6.07, 6.45) is 21.2. The Kier molecular flexibility index (Phi) is 27.1. The van der Waals surface area contributed by atoms with Crippen molar-refractivity contribution in [1.82, 2.24) is 10.2 Å². The summed E-state index contributed by atoms with van der Waals surface area (Å²) in [6.45, 7) is 4.63. The molecular weight excluding hydrogens is 508 g/mol. The van der Waals surface area contributed by atoms with E-state index >= 15 is 0 Å². The Labute approximate surface area is 243 Å². The van der Waals surface area contributed by atoms with Crippen LogP contribution in [0.25, 0.3) is 0 Å². The van der Waals surface area contributed by atoms with E-state index in [4.69, 9.17) is 20.4 Å². The molecule has 40 heavy (non-hydrogen) atoms. The number of carbonyl (C=O) groups excluding carboxylic acids is 1. The number of hydrogen-bond acceptors (Lipinski definition) is 6. The fraction of sp³-hybridized carbons (Fsp3) is 0.750. The number of carboxylic acids is 1. The van der Waals surface area contributed by atoms with Gasteiger partial charge in [-0.15, -0.1) is 0 Å². The van der Waals surface area contributed by atoms with Gasteiger partial charge >= 0.3 is 5.97 Å². The van der Waals surface area contributed by atoms with E-state index in [-0.39, 0.29) is 36.9 Å². The van der Waals surface area contributed by atoms with E-state index in [1.165, 1.54) is 96.0 Å². The number of aliphatic hydroxyl groups is 3. The van der Waals surface area contributed by atoms with Crippen LogP contribution in [0.2, 0.25) is 0 Å². The minimum atomic E-state index is -1.07. The molecule has 0 aromatic heterocycles. The lowest BCUT2D eigenvalue weighted by Crippen LogP contribution is -2.32. The molecule has 1 aromatic rings. The molecule has 5 N–H and O–H groups in total. The van der Waals surface area contributed by atoms with Gasteiger partial charge in [0.25, 0.3) is 5.91 Å². The lowest BCUT2D eigenvalue weighted by atomic mass is 10.0. The quantitative estimate of drug-likeness (QED) is 0.0968. The number of unbranched alkanes of at least 4 members (excludes halogenated alkanes) is 15. The molecule has 1 amide bonds. The predicted octanol–water partition coefficient (Wildman–Crippen LogP) is 5.64. The number of carboxylic acid groups (broad SMARTS) is 1. The van der Waals surface area contributed by atoms with E-state index < -0.39 is 5.97 Å². The van der Waals surface area contributed by atoms with Gasteiger partial charge in [-0.2, -0.15) is 0 Å². The largest absolute Gasteiger partial charge is 0.478 e. The number of aromatic carboxylic acids is 1. The minimum Gasteiger partial charge on any atom is -0.478 e. The lowest BCUT2D eigenvalue weighted by Gasteiger charge is -2.17. The first-order valence-electron chi connectivity index (χ1n) is 15.7. The molecule has 8 heteroatoms. The van der Waals surface area contributed by atoms with Gasteiger partial charge in [-0.25, -0.2) is 4.79 Å². The SMILES string of the molecule is CCCCCCCCCCCCCCCCCCNC(=O)c1ccccc1C(=O)O.OCCN(CCO)CCO. The summed E-state index contributed by atoms with van der Waals surface area (Å²) in [6, 6.07) is 6.35. The molecule has 0 atom stereocenters. The van der Waals surface area contributed by atoms with Crippen LogP contribution in [0.4, 0.5) is 0 Å². The number of nitrogens with zero attached hydrogens (tertiary/aromatic N) is 1. The van der Waals surface area contributed by atoms with Crippen LogP contribution >= 0.6 is 0 Å². The standard InChI is InChI=1S/C26H43NO3.C6H15NO3/c1-2-3-4-5-6-7-8-9-10-11-12-13-14-15-16-19-22-27-25(28)23-20-17-18-21-24(23)26(29)30;8-4-1-7(2-5-9)3-6-10/h17-18,20-21H,2-16,19,22H2,1H3,(H,27,28)(H,29,30);8-10H,1-6H2. The Hall–Kier alpha value is -2.00. The molecule has 1 rings (SSSR count). The van der Waals surface area contributed by atoms with Gasteiger partial charge in [-0.1, -0.05) is 115 Å². The van der Waals surface area contributed by atoms with Gasteiger partial charge in [0.1, 0.15) is 0 Å². The molecule has 0 aliphatic rings. The first-order chi connectivity index (χ1) is 19.5. The average molecular weight is 567 g/mol. The van der Waals surface area contributed by atoms with Gasteiger partial charge in [0, 0.05) is 26.2 Å². The molecule has 232 valence electrons. The molecule has 0 heterocycles. The van der Waals surface area contributed by atoms with Gasteiger partial charge < -0.3 is 25.7 Å². The predicted molar refractivity (Wildman–Crippen MR) is 163 cm³/mol. The summed E-state index contributed by atoms with van der Waals surface area (Å²) in [5, 5.41) is 37.5. The third-order valence-corrected chi connectivity index (χ3v) is 6.97. The summed E-state index contributed by atoms with van der Waals surface area (Å²) >= 11 is 0. The molecular formula is C32H58N2O6. The van der Waals surface area contributed by atoms with Crippen LogP contribution in [-0.2, 0) is 0 Å². The van der Waals surface area contributed by atoms with Crippen LogP contribution in [-0.4, -0.2) is 83.2 Å². The number of carbonyl (C=O) groups is 2. The second-order valence-electron chi connectivity index (χ2n) is 10.4. The zero-order valence-corrected chi connectivity index (χ0v) is 25.1. The molecule has 0 saturated carbocycles. The second kappa shape index (κ2) is 28.5. The van der Waals surface area contributed by atoms with E-state index in [0.29, 0.717) is 26.2 Å². The highest BCUT2D eigenvalue weighted by Gasteiger charge is 2.14. The Morgan fingerprint density at radius 3 is 1.38 bits per heavy atom. The van der Waals surface area contributed by atoms with Crippen molar-refractivity contribution in [3.8, 4) is 0 Å². The molecule has 1 aromatic carbocycles. The van der Waals surface area contributed by atoms with Gasteiger partial charge in [-0.05, 0) is 18.6 Å². The first-order valence-corrected chi connectivity index (χ1v) is 15.7. The van der Waals surface area contributed by atoms with E-state index in [1.807, 2.05) is 0 Å². The molecule has 0 aliphatic carbocycles. The van der Waals surface area contributed by atoms with E-state index in [2.05, 4.69) is 12.2 Å². The monoisotopic (exact) mass is 566 g/mol. The highest BCUT2D eigenvalue weighted by Crippen LogP contribution is 2.14. The van der Waals surface area contributed by atoms with Crippen LogP contribution in [0, 0.1) is 0 Å². The Bertz CT molecular complexity index is 717. The molecule has 0 saturated heterocycles. The van der Waals surface area contributed by atoms with Crippen LogP contribution in [0.1, 0.15) is 130 Å². The Morgan fingerprint density at radius 1 is 0.625 bits per heavy atom. The maximum absolute atomic E-state index is 12.2. The van der Waals surface area contributed by atoms with Crippen molar-refractivity contribution < 1.29 is 30.0 Å². The summed E-state index contributed by atoms with van der Waals surface area (Å²) < 4.78 is 0. The molecule has 0 unspecified atom stereocenters. The van der Waals surface area contributed by atoms with Crippen molar-refractivity contribution >= 4 is 11.9 Å². The number of aliphatic hydroxyl groups excluding tert-OH is 3. The number of nitrogens with one attached hydrogen (secondary N) is 1. The zero-order chi connectivity index (χ0) is 29.7. The van der Waals surface area contributed by atoms with Crippen molar-refractivity contribution in [3.63, 3.8) is 0 Å². The van der Waals surface area contributed by atoms with Crippen molar-refractivity contribution in [2.24, 2.45) is 0 Å². The smallest absolute Gasteiger partial charge is 0.336 e. The molecule has 0 fully saturated rings. The molecule has 0 aliphatic heterocycles. The normalized spacial score (nSPS) is 10.8. The van der Waals surface area contributed by atoms with E-state index in [1.54, 1.807) is 23.1 Å². The maximum atomic E-state index is 12.2. The van der Waals surface area contributed by atoms with Gasteiger partial charge in [0.05, 0.1) is 30.9 Å². The van der Waals surface area contributed by atoms with Crippen molar-refractivity contribution in [1.29, 1.82) is 0 Å². The van der Waals surface area contributed by atoms with E-state index in [9.17, 15) is 9.59 Å². The minimum absolute atomic E-state index is 0.0574. The summed E-state index contributed by atoms with van der Waals surface area (Å²) in [4.78, 5) is 25.1. The lowest BCUT2D eigenvalue weighted by molar-refractivity contribution is 0.0691. The topological polar surface area (TPSA) is 130 Å². The van der Waals surface area contributed by atoms with Crippen LogP contribution in [0.3, 0.4) is 0 Å². The van der Waals surface area contributed by atoms with Crippen molar-refractivity contribution in [2.75, 3.05) is 46.0 Å². The molecule has 0 spiro atoms. The fourth-order valence-corrected chi connectivity index (χ4v) is 4.60.